The molecule has 19 heavy (non-hydrogen) atoms. The topological polar surface area (TPSA) is 69.1 Å². The molecule has 0 aromatic carbocycles. The van der Waals surface area contributed by atoms with Crippen molar-refractivity contribution < 1.29 is 13.1 Å². The van der Waals surface area contributed by atoms with E-state index in [0.29, 0.717) is 22.4 Å². The van der Waals surface area contributed by atoms with Crippen LogP contribution in [0.5, 0.6) is 0 Å². The van der Waals surface area contributed by atoms with E-state index < -0.39 is 10.8 Å². The smallest absolute Gasteiger partial charge is 0.239 e. The molecule has 2 aromatic heterocycles. The Bertz CT molecular complexity index is 565. The van der Waals surface area contributed by atoms with Crippen molar-refractivity contribution in [1.82, 2.24) is 10.1 Å². The average Bonchev–Trinajstić information content (AvgIpc) is 2.98. The highest BCUT2D eigenvalue weighted by Crippen LogP contribution is 2.25. The van der Waals surface area contributed by atoms with Gasteiger partial charge in [0, 0.05) is 0 Å². The first-order chi connectivity index (χ1) is 9.11. The van der Waals surface area contributed by atoms with E-state index in [1.165, 1.54) is 6.26 Å². The summed E-state index contributed by atoms with van der Waals surface area (Å²) in [7, 11) is -1.22. The molecule has 0 aliphatic rings. The van der Waals surface area contributed by atoms with Gasteiger partial charge in [-0.05, 0) is 25.7 Å². The van der Waals surface area contributed by atoms with Crippen LogP contribution < -0.4 is 0 Å². The van der Waals surface area contributed by atoms with Crippen LogP contribution in [0.15, 0.2) is 26.2 Å². The minimum Gasteiger partial charge on any atom is -0.468 e. The summed E-state index contributed by atoms with van der Waals surface area (Å²) in [6.07, 6.45) is 1.53. The van der Waals surface area contributed by atoms with Crippen molar-refractivity contribution in [3.63, 3.8) is 0 Å². The Morgan fingerprint density at radius 1 is 1.53 bits per heavy atom. The number of thioether (sulfide) groups is 1. The van der Waals surface area contributed by atoms with Gasteiger partial charge in [0.25, 0.3) is 0 Å². The van der Waals surface area contributed by atoms with Crippen LogP contribution in [-0.4, -0.2) is 20.1 Å². The Kier molecular flexibility index (Phi) is 4.81. The molecule has 7 heteroatoms. The van der Waals surface area contributed by atoms with Gasteiger partial charge in [-0.25, -0.2) is 0 Å². The first kappa shape index (κ1) is 14.3. The van der Waals surface area contributed by atoms with E-state index in [9.17, 15) is 4.21 Å². The lowest BCUT2D eigenvalue weighted by Crippen LogP contribution is -1.98. The molecule has 5 nitrogen and oxygen atoms in total. The van der Waals surface area contributed by atoms with E-state index in [4.69, 9.17) is 8.94 Å². The molecular weight excluding hydrogens is 284 g/mol. The molecule has 104 valence electrons. The van der Waals surface area contributed by atoms with Gasteiger partial charge in [0.1, 0.15) is 11.5 Å². The standard InChI is InChI=1S/C12H16N2O3S2/c1-4-18-9(3)12-13-11(17-14-12)7-19(15)10-5-6-16-8(10)2/h5-6,9H,4,7H2,1-3H3/t9-,19+/m1/s1. The van der Waals surface area contributed by atoms with Gasteiger partial charge in [0.15, 0.2) is 5.82 Å². The molecule has 0 radical (unpaired) electrons. The van der Waals surface area contributed by atoms with Crippen molar-refractivity contribution in [2.45, 2.75) is 36.7 Å². The normalized spacial score (nSPS) is 14.5. The van der Waals surface area contributed by atoms with E-state index in [1.807, 2.05) is 6.92 Å². The van der Waals surface area contributed by atoms with Gasteiger partial charge in [-0.2, -0.15) is 16.7 Å². The Labute approximate surface area is 118 Å². The summed E-state index contributed by atoms with van der Waals surface area (Å²) < 4.78 is 22.4. The maximum absolute atomic E-state index is 12.1. The summed E-state index contributed by atoms with van der Waals surface area (Å²) >= 11 is 1.74. The van der Waals surface area contributed by atoms with Crippen molar-refractivity contribution in [3.05, 3.63) is 29.8 Å². The molecule has 0 spiro atoms. The van der Waals surface area contributed by atoms with Crippen molar-refractivity contribution in [1.29, 1.82) is 0 Å². The highest BCUT2D eigenvalue weighted by Gasteiger charge is 2.17. The second-order valence-electron chi connectivity index (χ2n) is 3.97. The van der Waals surface area contributed by atoms with Gasteiger partial charge in [-0.1, -0.05) is 12.1 Å². The lowest BCUT2D eigenvalue weighted by Gasteiger charge is -2.01. The molecule has 2 heterocycles. The zero-order valence-corrected chi connectivity index (χ0v) is 12.7. The van der Waals surface area contributed by atoms with E-state index in [0.717, 1.165) is 5.75 Å². The highest BCUT2D eigenvalue weighted by molar-refractivity contribution is 7.99. The first-order valence-electron chi connectivity index (χ1n) is 5.98. The molecule has 2 aromatic rings. The van der Waals surface area contributed by atoms with Crippen LogP contribution in [0.3, 0.4) is 0 Å². The fourth-order valence-electron chi connectivity index (χ4n) is 1.62. The van der Waals surface area contributed by atoms with Crippen molar-refractivity contribution >= 4 is 22.6 Å². The van der Waals surface area contributed by atoms with Crippen molar-refractivity contribution in [2.75, 3.05) is 5.75 Å². The second-order valence-corrected chi connectivity index (χ2v) is 7.01. The molecular formula is C12H16N2O3S2. The highest BCUT2D eigenvalue weighted by atomic mass is 32.2. The minimum atomic E-state index is -1.22. The molecule has 0 bridgehead atoms. The van der Waals surface area contributed by atoms with E-state index >= 15 is 0 Å². The predicted molar refractivity (Wildman–Crippen MR) is 74.4 cm³/mol. The molecule has 0 aliphatic heterocycles. The summed E-state index contributed by atoms with van der Waals surface area (Å²) in [5.74, 6) is 2.93. The molecule has 0 saturated carbocycles. The monoisotopic (exact) mass is 300 g/mol. The third-order valence-electron chi connectivity index (χ3n) is 2.58. The zero-order valence-electron chi connectivity index (χ0n) is 11.1. The molecule has 2 rings (SSSR count). The lowest BCUT2D eigenvalue weighted by atomic mass is 10.4. The maximum atomic E-state index is 12.1. The van der Waals surface area contributed by atoms with Gasteiger partial charge in [-0.3, -0.25) is 4.21 Å². The lowest BCUT2D eigenvalue weighted by molar-refractivity contribution is 0.384. The Hall–Kier alpha value is -1.08. The number of hydrogen-bond donors (Lipinski definition) is 0. The van der Waals surface area contributed by atoms with Gasteiger partial charge in [0.2, 0.25) is 5.89 Å². The zero-order chi connectivity index (χ0) is 13.8. The molecule has 0 saturated heterocycles. The van der Waals surface area contributed by atoms with Gasteiger partial charge >= 0.3 is 0 Å². The van der Waals surface area contributed by atoms with Crippen LogP contribution in [0.1, 0.15) is 36.6 Å². The second kappa shape index (κ2) is 6.38. The fourth-order valence-corrected chi connectivity index (χ4v) is 3.43. The number of aromatic nitrogens is 2. The summed E-state index contributed by atoms with van der Waals surface area (Å²) in [5.41, 5.74) is 0. The van der Waals surface area contributed by atoms with Crippen LogP contribution >= 0.6 is 11.8 Å². The van der Waals surface area contributed by atoms with Crippen molar-refractivity contribution in [2.24, 2.45) is 0 Å². The number of rotatable bonds is 6. The van der Waals surface area contributed by atoms with E-state index in [2.05, 4.69) is 17.1 Å². The van der Waals surface area contributed by atoms with Crippen LogP contribution in [0.4, 0.5) is 0 Å². The molecule has 0 amide bonds. The number of aryl methyl sites for hydroxylation is 1. The largest absolute Gasteiger partial charge is 0.468 e. The first-order valence-corrected chi connectivity index (χ1v) is 8.35. The fraction of sp³-hybridized carbons (Fsp3) is 0.500. The summed E-state index contributed by atoms with van der Waals surface area (Å²) in [6.45, 7) is 5.89. The number of furan rings is 1. The van der Waals surface area contributed by atoms with Gasteiger partial charge in [0.05, 0.1) is 27.2 Å². The third-order valence-corrected chi connectivity index (χ3v) is 5.04. The Morgan fingerprint density at radius 2 is 2.32 bits per heavy atom. The Balaban J connectivity index is 2.04. The van der Waals surface area contributed by atoms with Crippen LogP contribution in [0, 0.1) is 6.92 Å². The molecule has 0 fully saturated rings. The Morgan fingerprint density at radius 3 is 2.95 bits per heavy atom. The van der Waals surface area contributed by atoms with Crippen LogP contribution in [-0.2, 0) is 16.6 Å². The molecule has 0 N–H and O–H groups in total. The molecule has 2 atom stereocenters. The number of nitrogens with zero attached hydrogens (tertiary/aromatic N) is 2. The van der Waals surface area contributed by atoms with Gasteiger partial charge < -0.3 is 8.94 Å². The molecule has 0 unspecified atom stereocenters. The summed E-state index contributed by atoms with van der Waals surface area (Å²) in [4.78, 5) is 4.96. The summed E-state index contributed by atoms with van der Waals surface area (Å²) in [6, 6.07) is 1.71. The average molecular weight is 300 g/mol. The van der Waals surface area contributed by atoms with E-state index in [-0.39, 0.29) is 11.0 Å². The van der Waals surface area contributed by atoms with Crippen molar-refractivity contribution in [3.8, 4) is 0 Å². The SMILES string of the molecule is CCS[C@H](C)c1noc(C[S@](=O)c2ccoc2C)n1. The maximum Gasteiger partial charge on any atom is 0.239 e. The predicted octanol–water partition coefficient (Wildman–Crippen LogP) is 3.09. The molecule has 0 aliphatic carbocycles. The summed E-state index contributed by atoms with van der Waals surface area (Å²) in [5, 5.41) is 4.11. The van der Waals surface area contributed by atoms with E-state index in [1.54, 1.807) is 24.8 Å². The number of hydrogen-bond acceptors (Lipinski definition) is 6. The third kappa shape index (κ3) is 3.48. The quantitative estimate of drug-likeness (QED) is 0.816. The van der Waals surface area contributed by atoms with Gasteiger partial charge in [-0.15, -0.1) is 0 Å². The van der Waals surface area contributed by atoms with Crippen LogP contribution in [0.2, 0.25) is 0 Å². The van der Waals surface area contributed by atoms with Crippen LogP contribution in [0.25, 0.3) is 0 Å². The minimum absolute atomic E-state index is 0.187.